The van der Waals surface area contributed by atoms with Gasteiger partial charge >= 0.3 is 6.18 Å². The molecular formula is C25H19ClF5N5O2. The monoisotopic (exact) mass is 551 g/mol. The van der Waals surface area contributed by atoms with Crippen LogP contribution in [0.3, 0.4) is 0 Å². The molecule has 0 saturated heterocycles. The van der Waals surface area contributed by atoms with Gasteiger partial charge in [0, 0.05) is 24.2 Å². The van der Waals surface area contributed by atoms with Crippen molar-refractivity contribution < 1.29 is 31.5 Å². The highest BCUT2D eigenvalue weighted by atomic mass is 35.5. The molecular weight excluding hydrogens is 533 g/mol. The molecule has 198 valence electrons. The van der Waals surface area contributed by atoms with Crippen LogP contribution >= 0.6 is 11.6 Å². The summed E-state index contributed by atoms with van der Waals surface area (Å²) in [6, 6.07) is 6.72. The number of hydrogen-bond acceptors (Lipinski definition) is 5. The number of fused-ring (bicyclic) bond motifs is 1. The zero-order valence-corrected chi connectivity index (χ0v) is 20.1. The van der Waals surface area contributed by atoms with Crippen molar-refractivity contribution in [3.8, 4) is 11.5 Å². The third kappa shape index (κ3) is 5.36. The Balaban J connectivity index is 1.61. The first kappa shape index (κ1) is 25.7. The van der Waals surface area contributed by atoms with Crippen LogP contribution in [0.4, 0.5) is 33.5 Å². The maximum absolute atomic E-state index is 14.0. The molecule has 0 unspecified atom stereocenters. The van der Waals surface area contributed by atoms with E-state index in [0.717, 1.165) is 25.0 Å². The van der Waals surface area contributed by atoms with Crippen LogP contribution in [0.2, 0.25) is 5.02 Å². The SMILES string of the molecule is Nc1n[nH]c2c(CNC3CC3)cc(NC(=O)c3cc(F)cc(C(F)(F)F)c3)c(Oc3cc(F)ccc3Cl)c12. The molecule has 0 atom stereocenters. The topological polar surface area (TPSA) is 105 Å². The Morgan fingerprint density at radius 2 is 1.89 bits per heavy atom. The van der Waals surface area contributed by atoms with E-state index in [-0.39, 0.29) is 39.5 Å². The van der Waals surface area contributed by atoms with Gasteiger partial charge in [-0.1, -0.05) is 11.6 Å². The molecule has 1 fully saturated rings. The first-order valence-electron chi connectivity index (χ1n) is 11.3. The van der Waals surface area contributed by atoms with Crippen LogP contribution in [-0.2, 0) is 12.7 Å². The van der Waals surface area contributed by atoms with Gasteiger partial charge in [-0.3, -0.25) is 9.89 Å². The number of nitrogens with one attached hydrogen (secondary N) is 3. The lowest BCUT2D eigenvalue weighted by atomic mass is 10.1. The van der Waals surface area contributed by atoms with Crippen LogP contribution < -0.4 is 21.1 Å². The van der Waals surface area contributed by atoms with Crippen LogP contribution in [-0.4, -0.2) is 22.1 Å². The molecule has 1 aliphatic rings. The van der Waals surface area contributed by atoms with Gasteiger partial charge in [-0.15, -0.1) is 0 Å². The quantitative estimate of drug-likeness (QED) is 0.199. The van der Waals surface area contributed by atoms with E-state index in [2.05, 4.69) is 20.8 Å². The molecule has 5 N–H and O–H groups in total. The number of alkyl halides is 3. The summed E-state index contributed by atoms with van der Waals surface area (Å²) in [4.78, 5) is 13.1. The molecule has 0 spiro atoms. The van der Waals surface area contributed by atoms with Gasteiger partial charge in [0.1, 0.15) is 17.4 Å². The molecule has 0 radical (unpaired) electrons. The lowest BCUT2D eigenvalue weighted by Gasteiger charge is -2.17. The molecule has 0 aliphatic heterocycles. The summed E-state index contributed by atoms with van der Waals surface area (Å²) in [5.41, 5.74) is 5.24. The fourth-order valence-electron chi connectivity index (χ4n) is 3.89. The van der Waals surface area contributed by atoms with E-state index >= 15 is 0 Å². The number of amides is 1. The summed E-state index contributed by atoms with van der Waals surface area (Å²) in [7, 11) is 0. The largest absolute Gasteiger partial charge is 0.453 e. The number of halogens is 6. The number of nitrogen functional groups attached to an aromatic ring is 1. The molecule has 1 saturated carbocycles. The molecule has 0 bridgehead atoms. The van der Waals surface area contributed by atoms with Crippen molar-refractivity contribution in [2.24, 2.45) is 0 Å². The summed E-state index contributed by atoms with van der Waals surface area (Å²) in [5.74, 6) is -3.16. The van der Waals surface area contributed by atoms with Crippen molar-refractivity contribution in [3.05, 3.63) is 75.8 Å². The third-order valence-corrected chi connectivity index (χ3v) is 6.22. The van der Waals surface area contributed by atoms with E-state index in [0.29, 0.717) is 35.8 Å². The molecule has 13 heteroatoms. The summed E-state index contributed by atoms with van der Waals surface area (Å²) in [5, 5.41) is 12.9. The zero-order valence-electron chi connectivity index (χ0n) is 19.3. The zero-order chi connectivity index (χ0) is 27.2. The molecule has 7 nitrogen and oxygen atoms in total. The van der Waals surface area contributed by atoms with Crippen LogP contribution in [0.5, 0.6) is 11.5 Å². The number of hydrogen-bond donors (Lipinski definition) is 4. The number of H-pyrrole nitrogens is 1. The minimum atomic E-state index is -4.87. The molecule has 38 heavy (non-hydrogen) atoms. The number of anilines is 2. The van der Waals surface area contributed by atoms with Crippen molar-refractivity contribution in [2.75, 3.05) is 11.1 Å². The first-order chi connectivity index (χ1) is 18.0. The standard InChI is InChI=1S/C25H19ClF5N5O2/c26-17-4-1-14(27)9-19(17)38-22-18(34-24(37)11-5-13(25(29,30)31)8-15(28)6-11)7-12(10-33-16-2-3-16)21-20(22)23(32)36-35-21/h1,4-9,16,33H,2-3,10H2,(H,34,37)(H3,32,35,36). The van der Waals surface area contributed by atoms with E-state index in [9.17, 15) is 26.7 Å². The van der Waals surface area contributed by atoms with E-state index < -0.39 is 34.8 Å². The number of aromatic nitrogens is 2. The van der Waals surface area contributed by atoms with Gasteiger partial charge in [0.15, 0.2) is 11.6 Å². The lowest BCUT2D eigenvalue weighted by Crippen LogP contribution is -2.18. The van der Waals surface area contributed by atoms with Crippen molar-refractivity contribution in [3.63, 3.8) is 0 Å². The second kappa shape index (κ2) is 9.76. The molecule has 1 aliphatic carbocycles. The van der Waals surface area contributed by atoms with Crippen LogP contribution in [0.1, 0.15) is 34.3 Å². The summed E-state index contributed by atoms with van der Waals surface area (Å²) < 4.78 is 73.5. The molecule has 3 aromatic carbocycles. The molecule has 1 amide bonds. The van der Waals surface area contributed by atoms with Crippen molar-refractivity contribution >= 4 is 39.9 Å². The highest BCUT2D eigenvalue weighted by Gasteiger charge is 2.32. The van der Waals surface area contributed by atoms with Crippen LogP contribution in [0, 0.1) is 11.6 Å². The number of benzene rings is 3. The number of carbonyl (C=O) groups excluding carboxylic acids is 1. The van der Waals surface area contributed by atoms with E-state index in [1.807, 2.05) is 0 Å². The number of nitrogens with zero attached hydrogens (tertiary/aromatic N) is 1. The maximum Gasteiger partial charge on any atom is 0.416 e. The first-order valence-corrected chi connectivity index (χ1v) is 11.7. The summed E-state index contributed by atoms with van der Waals surface area (Å²) in [6.07, 6.45) is -2.87. The fraction of sp³-hybridized carbons (Fsp3) is 0.200. The van der Waals surface area contributed by atoms with E-state index in [1.165, 1.54) is 12.1 Å². The highest BCUT2D eigenvalue weighted by Crippen LogP contribution is 2.43. The second-order valence-electron chi connectivity index (χ2n) is 8.78. The summed E-state index contributed by atoms with van der Waals surface area (Å²) in [6.45, 7) is 0.338. The third-order valence-electron chi connectivity index (χ3n) is 5.90. The minimum Gasteiger partial charge on any atom is -0.453 e. The van der Waals surface area contributed by atoms with Gasteiger partial charge in [-0.2, -0.15) is 18.3 Å². The Bertz CT molecular complexity index is 1550. The Morgan fingerprint density at radius 3 is 2.61 bits per heavy atom. The number of carbonyl (C=O) groups is 1. The Labute approximate surface area is 217 Å². The van der Waals surface area contributed by atoms with Crippen molar-refractivity contribution in [2.45, 2.75) is 31.6 Å². The smallest absolute Gasteiger partial charge is 0.416 e. The normalized spacial score (nSPS) is 13.6. The number of aromatic amines is 1. The minimum absolute atomic E-state index is 0.0172. The number of rotatable bonds is 7. The van der Waals surface area contributed by atoms with Gasteiger partial charge in [-0.25, -0.2) is 8.78 Å². The second-order valence-corrected chi connectivity index (χ2v) is 9.19. The summed E-state index contributed by atoms with van der Waals surface area (Å²) >= 11 is 6.17. The maximum atomic E-state index is 14.0. The van der Waals surface area contributed by atoms with E-state index in [4.69, 9.17) is 22.1 Å². The number of nitrogens with two attached hydrogens (primary N) is 1. The van der Waals surface area contributed by atoms with E-state index in [1.54, 1.807) is 0 Å². The van der Waals surface area contributed by atoms with Gasteiger partial charge in [-0.05, 0) is 54.8 Å². The predicted molar refractivity (Wildman–Crippen MR) is 131 cm³/mol. The Morgan fingerprint density at radius 1 is 1.13 bits per heavy atom. The van der Waals surface area contributed by atoms with Gasteiger partial charge < -0.3 is 21.1 Å². The Kier molecular flexibility index (Phi) is 6.61. The van der Waals surface area contributed by atoms with Crippen LogP contribution in [0.15, 0.2) is 42.5 Å². The van der Waals surface area contributed by atoms with Gasteiger partial charge in [0.05, 0.1) is 27.2 Å². The average molecular weight is 552 g/mol. The molecule has 5 rings (SSSR count). The van der Waals surface area contributed by atoms with Crippen molar-refractivity contribution in [1.29, 1.82) is 0 Å². The van der Waals surface area contributed by atoms with Gasteiger partial charge in [0.2, 0.25) is 0 Å². The predicted octanol–water partition coefficient (Wildman–Crippen LogP) is 6.39. The Hall–Kier alpha value is -3.90. The molecule has 1 aromatic heterocycles. The van der Waals surface area contributed by atoms with Crippen molar-refractivity contribution in [1.82, 2.24) is 15.5 Å². The van der Waals surface area contributed by atoms with Gasteiger partial charge in [0.25, 0.3) is 5.91 Å². The molecule has 4 aromatic rings. The van der Waals surface area contributed by atoms with Crippen LogP contribution in [0.25, 0.3) is 10.9 Å². The molecule has 1 heterocycles. The highest BCUT2D eigenvalue weighted by molar-refractivity contribution is 6.32. The fourth-order valence-corrected chi connectivity index (χ4v) is 4.05. The number of ether oxygens (including phenoxy) is 1. The average Bonchev–Trinajstić information content (AvgIpc) is 3.60. The lowest BCUT2D eigenvalue weighted by molar-refractivity contribution is -0.137.